The molecule has 0 saturated heterocycles. The van der Waals surface area contributed by atoms with Gasteiger partial charge in [0.15, 0.2) is 0 Å². The molecular formula is C12H18N2. The quantitative estimate of drug-likeness (QED) is 0.739. The smallest absolute Gasteiger partial charge is 0.0380 e. The molecule has 2 nitrogen and oxygen atoms in total. The van der Waals surface area contributed by atoms with Gasteiger partial charge in [-0.1, -0.05) is 19.8 Å². The van der Waals surface area contributed by atoms with Crippen molar-refractivity contribution < 1.29 is 0 Å². The predicted molar refractivity (Wildman–Crippen MR) is 59.0 cm³/mol. The molecular weight excluding hydrogens is 172 g/mol. The summed E-state index contributed by atoms with van der Waals surface area (Å²) in [5.41, 5.74) is 8.13. The first-order valence-corrected chi connectivity index (χ1v) is 5.46. The van der Waals surface area contributed by atoms with E-state index in [4.69, 9.17) is 5.73 Å². The van der Waals surface area contributed by atoms with E-state index in [0.29, 0.717) is 5.92 Å². The van der Waals surface area contributed by atoms with Crippen molar-refractivity contribution in [1.29, 1.82) is 0 Å². The van der Waals surface area contributed by atoms with E-state index in [0.717, 1.165) is 11.6 Å². The first kappa shape index (κ1) is 9.50. The average Bonchev–Trinajstić information content (AvgIpc) is 2.20. The average molecular weight is 190 g/mol. The van der Waals surface area contributed by atoms with Gasteiger partial charge >= 0.3 is 0 Å². The second-order valence-electron chi connectivity index (χ2n) is 4.46. The summed E-state index contributed by atoms with van der Waals surface area (Å²) in [6.45, 7) is 2.34. The maximum absolute atomic E-state index is 5.95. The van der Waals surface area contributed by atoms with Gasteiger partial charge in [-0.25, -0.2) is 0 Å². The van der Waals surface area contributed by atoms with Crippen LogP contribution < -0.4 is 5.73 Å². The molecule has 14 heavy (non-hydrogen) atoms. The minimum absolute atomic E-state index is 0.653. The number of nitrogen functional groups attached to an aromatic ring is 1. The number of aromatic nitrogens is 1. The van der Waals surface area contributed by atoms with Crippen LogP contribution >= 0.6 is 0 Å². The Hall–Kier alpha value is -1.05. The van der Waals surface area contributed by atoms with E-state index in [-0.39, 0.29) is 0 Å². The zero-order chi connectivity index (χ0) is 9.97. The minimum Gasteiger partial charge on any atom is -0.398 e. The van der Waals surface area contributed by atoms with Crippen molar-refractivity contribution >= 4 is 5.69 Å². The zero-order valence-corrected chi connectivity index (χ0v) is 8.74. The van der Waals surface area contributed by atoms with Gasteiger partial charge < -0.3 is 5.73 Å². The van der Waals surface area contributed by atoms with Crippen LogP contribution in [0.1, 0.15) is 44.1 Å². The maximum atomic E-state index is 5.95. The maximum Gasteiger partial charge on any atom is 0.0380 e. The minimum atomic E-state index is 0.653. The van der Waals surface area contributed by atoms with E-state index < -0.39 is 0 Å². The van der Waals surface area contributed by atoms with Crippen molar-refractivity contribution in [3.05, 3.63) is 24.0 Å². The van der Waals surface area contributed by atoms with Gasteiger partial charge in [0.25, 0.3) is 0 Å². The summed E-state index contributed by atoms with van der Waals surface area (Å²) in [5, 5.41) is 0. The van der Waals surface area contributed by atoms with Crippen LogP contribution in [-0.2, 0) is 0 Å². The summed E-state index contributed by atoms with van der Waals surface area (Å²) in [5.74, 6) is 1.55. The lowest BCUT2D eigenvalue weighted by Gasteiger charge is -2.26. The number of nitrogens with zero attached hydrogens (tertiary/aromatic N) is 1. The van der Waals surface area contributed by atoms with Crippen LogP contribution in [0.2, 0.25) is 0 Å². The van der Waals surface area contributed by atoms with Gasteiger partial charge in [-0.05, 0) is 36.3 Å². The Morgan fingerprint density at radius 3 is 2.64 bits per heavy atom. The third-order valence-corrected chi connectivity index (χ3v) is 3.34. The summed E-state index contributed by atoms with van der Waals surface area (Å²) < 4.78 is 0. The number of pyridine rings is 1. The summed E-state index contributed by atoms with van der Waals surface area (Å²) >= 11 is 0. The Morgan fingerprint density at radius 2 is 2.00 bits per heavy atom. The van der Waals surface area contributed by atoms with E-state index >= 15 is 0 Å². The molecule has 0 bridgehead atoms. The fourth-order valence-corrected chi connectivity index (χ4v) is 2.33. The Balaban J connectivity index is 2.12. The van der Waals surface area contributed by atoms with Gasteiger partial charge in [-0.15, -0.1) is 0 Å². The first-order chi connectivity index (χ1) is 6.77. The molecule has 1 aliphatic carbocycles. The lowest BCUT2D eigenvalue weighted by atomic mass is 9.79. The van der Waals surface area contributed by atoms with E-state index in [2.05, 4.69) is 11.9 Å². The SMILES string of the molecule is CC1CCC(c2cnccc2N)CC1. The molecule has 0 aliphatic heterocycles. The number of hydrogen-bond donors (Lipinski definition) is 1. The second kappa shape index (κ2) is 3.99. The molecule has 76 valence electrons. The largest absolute Gasteiger partial charge is 0.398 e. The van der Waals surface area contributed by atoms with Crippen molar-refractivity contribution in [3.8, 4) is 0 Å². The highest BCUT2D eigenvalue weighted by Crippen LogP contribution is 2.37. The molecule has 1 heterocycles. The van der Waals surface area contributed by atoms with E-state index in [1.807, 2.05) is 12.3 Å². The van der Waals surface area contributed by atoms with Crippen LogP contribution in [-0.4, -0.2) is 4.98 Å². The molecule has 0 aromatic carbocycles. The molecule has 1 aliphatic rings. The lowest BCUT2D eigenvalue weighted by molar-refractivity contribution is 0.348. The molecule has 2 rings (SSSR count). The van der Waals surface area contributed by atoms with Gasteiger partial charge in [-0.3, -0.25) is 4.98 Å². The van der Waals surface area contributed by atoms with Crippen LogP contribution in [0.15, 0.2) is 18.5 Å². The normalized spacial score (nSPS) is 27.5. The molecule has 2 N–H and O–H groups in total. The van der Waals surface area contributed by atoms with Crippen molar-refractivity contribution in [2.24, 2.45) is 5.92 Å². The molecule has 0 atom stereocenters. The van der Waals surface area contributed by atoms with Gasteiger partial charge in [-0.2, -0.15) is 0 Å². The Morgan fingerprint density at radius 1 is 1.29 bits per heavy atom. The number of nitrogens with two attached hydrogens (primary N) is 1. The molecule has 0 unspecified atom stereocenters. The van der Waals surface area contributed by atoms with Crippen LogP contribution in [0.25, 0.3) is 0 Å². The molecule has 0 amide bonds. The van der Waals surface area contributed by atoms with E-state index in [1.54, 1.807) is 6.20 Å². The van der Waals surface area contributed by atoms with E-state index in [9.17, 15) is 0 Å². The standard InChI is InChI=1S/C12H18N2/c1-9-2-4-10(5-3-9)11-8-14-7-6-12(11)13/h6-10H,2-5H2,1H3,(H2,13,14). The topological polar surface area (TPSA) is 38.9 Å². The highest BCUT2D eigenvalue weighted by Gasteiger charge is 2.21. The summed E-state index contributed by atoms with van der Waals surface area (Å²) in [7, 11) is 0. The molecule has 1 saturated carbocycles. The van der Waals surface area contributed by atoms with Gasteiger partial charge in [0.05, 0.1) is 0 Å². The molecule has 0 spiro atoms. The first-order valence-electron chi connectivity index (χ1n) is 5.46. The Kier molecular flexibility index (Phi) is 2.71. The summed E-state index contributed by atoms with van der Waals surface area (Å²) in [4.78, 5) is 4.16. The van der Waals surface area contributed by atoms with E-state index in [1.165, 1.54) is 31.2 Å². The van der Waals surface area contributed by atoms with Gasteiger partial charge in [0.1, 0.15) is 0 Å². The van der Waals surface area contributed by atoms with Crippen LogP contribution in [0, 0.1) is 5.92 Å². The highest BCUT2D eigenvalue weighted by atomic mass is 14.7. The Labute approximate surface area is 85.5 Å². The third kappa shape index (κ3) is 1.89. The van der Waals surface area contributed by atoms with Gasteiger partial charge in [0, 0.05) is 18.1 Å². The number of rotatable bonds is 1. The van der Waals surface area contributed by atoms with Crippen molar-refractivity contribution in [1.82, 2.24) is 4.98 Å². The van der Waals surface area contributed by atoms with Crippen LogP contribution in [0.4, 0.5) is 5.69 Å². The molecule has 0 radical (unpaired) electrons. The molecule has 2 heteroatoms. The monoisotopic (exact) mass is 190 g/mol. The highest BCUT2D eigenvalue weighted by molar-refractivity contribution is 5.46. The summed E-state index contributed by atoms with van der Waals surface area (Å²) in [6.07, 6.45) is 8.92. The van der Waals surface area contributed by atoms with Crippen molar-refractivity contribution in [2.75, 3.05) is 5.73 Å². The van der Waals surface area contributed by atoms with Crippen LogP contribution in [0.5, 0.6) is 0 Å². The fourth-order valence-electron chi connectivity index (χ4n) is 2.33. The molecule has 1 aromatic rings. The fraction of sp³-hybridized carbons (Fsp3) is 0.583. The van der Waals surface area contributed by atoms with Crippen molar-refractivity contribution in [2.45, 2.75) is 38.5 Å². The number of anilines is 1. The lowest BCUT2D eigenvalue weighted by Crippen LogP contribution is -2.12. The number of hydrogen-bond acceptors (Lipinski definition) is 2. The molecule has 1 aromatic heterocycles. The van der Waals surface area contributed by atoms with Gasteiger partial charge in [0.2, 0.25) is 0 Å². The third-order valence-electron chi connectivity index (χ3n) is 3.34. The second-order valence-corrected chi connectivity index (χ2v) is 4.46. The predicted octanol–water partition coefficient (Wildman–Crippen LogP) is 2.96. The zero-order valence-electron chi connectivity index (χ0n) is 8.74. The van der Waals surface area contributed by atoms with Crippen LogP contribution in [0.3, 0.4) is 0 Å². The molecule has 1 fully saturated rings. The Bertz CT molecular complexity index is 301. The summed E-state index contributed by atoms with van der Waals surface area (Å²) in [6, 6.07) is 1.91. The van der Waals surface area contributed by atoms with Crippen molar-refractivity contribution in [3.63, 3.8) is 0 Å².